The summed E-state index contributed by atoms with van der Waals surface area (Å²) in [4.78, 5) is 0. The number of rotatable bonds is 5. The van der Waals surface area contributed by atoms with Crippen molar-refractivity contribution in [3.63, 3.8) is 0 Å². The lowest BCUT2D eigenvalue weighted by atomic mass is 10.0. The van der Waals surface area contributed by atoms with Gasteiger partial charge >= 0.3 is 0 Å². The van der Waals surface area contributed by atoms with Gasteiger partial charge in [-0.1, -0.05) is 12.1 Å². The summed E-state index contributed by atoms with van der Waals surface area (Å²) in [5.74, 6) is 1.95. The minimum absolute atomic E-state index is 0.319. The predicted octanol–water partition coefficient (Wildman–Crippen LogP) is 2.51. The van der Waals surface area contributed by atoms with Gasteiger partial charge in [0.05, 0.1) is 26.9 Å². The molecule has 0 atom stereocenters. The SMILES string of the molecule is CCc1c(-c2ccc(OC)c(OC)c2OC)noc1N. The third-order valence-electron chi connectivity index (χ3n) is 3.13. The van der Waals surface area contributed by atoms with Crippen molar-refractivity contribution >= 4 is 5.88 Å². The van der Waals surface area contributed by atoms with E-state index in [1.54, 1.807) is 27.4 Å². The molecule has 2 rings (SSSR count). The van der Waals surface area contributed by atoms with Gasteiger partial charge in [0.25, 0.3) is 0 Å². The number of methoxy groups -OCH3 is 3. The van der Waals surface area contributed by atoms with E-state index in [0.29, 0.717) is 35.2 Å². The lowest BCUT2D eigenvalue weighted by Gasteiger charge is -2.15. The molecule has 1 aromatic carbocycles. The highest BCUT2D eigenvalue weighted by molar-refractivity contribution is 5.77. The Morgan fingerprint density at radius 2 is 1.80 bits per heavy atom. The van der Waals surface area contributed by atoms with E-state index in [2.05, 4.69) is 5.16 Å². The van der Waals surface area contributed by atoms with Gasteiger partial charge in [-0.25, -0.2) is 0 Å². The fraction of sp³-hybridized carbons (Fsp3) is 0.357. The minimum atomic E-state index is 0.319. The van der Waals surface area contributed by atoms with Crippen LogP contribution in [0.3, 0.4) is 0 Å². The summed E-state index contributed by atoms with van der Waals surface area (Å²) in [6.45, 7) is 1.99. The second-order valence-corrected chi connectivity index (χ2v) is 4.11. The Morgan fingerprint density at radius 1 is 1.10 bits per heavy atom. The third kappa shape index (κ3) is 2.13. The third-order valence-corrected chi connectivity index (χ3v) is 3.13. The van der Waals surface area contributed by atoms with Crippen LogP contribution in [0.2, 0.25) is 0 Å². The summed E-state index contributed by atoms with van der Waals surface area (Å²) in [5.41, 5.74) is 8.03. The topological polar surface area (TPSA) is 79.7 Å². The summed E-state index contributed by atoms with van der Waals surface area (Å²) >= 11 is 0. The first-order valence-corrected chi connectivity index (χ1v) is 6.21. The number of hydrogen-bond acceptors (Lipinski definition) is 6. The number of nitrogen functional groups attached to an aromatic ring is 1. The summed E-state index contributed by atoms with van der Waals surface area (Å²) in [5, 5.41) is 4.02. The van der Waals surface area contributed by atoms with Gasteiger partial charge in [0.1, 0.15) is 5.69 Å². The Kier molecular flexibility index (Phi) is 4.02. The van der Waals surface area contributed by atoms with Gasteiger partial charge in [0.2, 0.25) is 11.6 Å². The summed E-state index contributed by atoms with van der Waals surface area (Å²) < 4.78 is 21.1. The number of aromatic nitrogens is 1. The zero-order valence-corrected chi connectivity index (χ0v) is 12.0. The number of benzene rings is 1. The maximum Gasteiger partial charge on any atom is 0.225 e. The molecular formula is C14H18N2O4. The normalized spacial score (nSPS) is 10.4. The zero-order valence-electron chi connectivity index (χ0n) is 12.0. The largest absolute Gasteiger partial charge is 0.493 e. The van der Waals surface area contributed by atoms with E-state index < -0.39 is 0 Å². The van der Waals surface area contributed by atoms with E-state index in [0.717, 1.165) is 11.1 Å². The van der Waals surface area contributed by atoms with Crippen LogP contribution in [-0.2, 0) is 6.42 Å². The van der Waals surface area contributed by atoms with Crippen LogP contribution in [0.5, 0.6) is 17.2 Å². The summed E-state index contributed by atoms with van der Waals surface area (Å²) in [6, 6.07) is 3.64. The van der Waals surface area contributed by atoms with Gasteiger partial charge in [0.15, 0.2) is 11.5 Å². The molecule has 0 saturated carbocycles. The van der Waals surface area contributed by atoms with Gasteiger partial charge < -0.3 is 24.5 Å². The van der Waals surface area contributed by atoms with Crippen LogP contribution in [0.4, 0.5) is 5.88 Å². The van der Waals surface area contributed by atoms with Gasteiger partial charge in [-0.3, -0.25) is 0 Å². The minimum Gasteiger partial charge on any atom is -0.493 e. The molecule has 6 heteroatoms. The molecule has 20 heavy (non-hydrogen) atoms. The molecule has 1 heterocycles. The van der Waals surface area contributed by atoms with Crippen molar-refractivity contribution in [3.05, 3.63) is 17.7 Å². The molecule has 0 amide bonds. The Bertz CT molecular complexity index is 607. The Morgan fingerprint density at radius 3 is 2.35 bits per heavy atom. The first-order chi connectivity index (χ1) is 9.67. The van der Waals surface area contributed by atoms with Gasteiger partial charge in [-0.05, 0) is 18.6 Å². The summed E-state index contributed by atoms with van der Waals surface area (Å²) in [7, 11) is 4.69. The lowest BCUT2D eigenvalue weighted by molar-refractivity contribution is 0.325. The van der Waals surface area contributed by atoms with Crippen LogP contribution >= 0.6 is 0 Å². The number of anilines is 1. The molecule has 2 N–H and O–H groups in total. The first-order valence-electron chi connectivity index (χ1n) is 6.21. The number of nitrogens with two attached hydrogens (primary N) is 1. The molecule has 6 nitrogen and oxygen atoms in total. The van der Waals surface area contributed by atoms with Crippen LogP contribution in [0, 0.1) is 0 Å². The van der Waals surface area contributed by atoms with Crippen molar-refractivity contribution in [1.82, 2.24) is 5.16 Å². The standard InChI is InChI=1S/C14H18N2O4/c1-5-8-11(16-20-14(8)15)9-6-7-10(17-2)13(19-4)12(9)18-3/h6-7H,5,15H2,1-4H3. The molecule has 108 valence electrons. The molecule has 0 unspecified atom stereocenters. The molecule has 0 saturated heterocycles. The van der Waals surface area contributed by atoms with E-state index >= 15 is 0 Å². The Hall–Kier alpha value is -2.37. The summed E-state index contributed by atoms with van der Waals surface area (Å²) in [6.07, 6.45) is 0.710. The van der Waals surface area contributed by atoms with Gasteiger partial charge in [-0.2, -0.15) is 0 Å². The van der Waals surface area contributed by atoms with Crippen molar-refractivity contribution in [2.75, 3.05) is 27.1 Å². The molecule has 0 aliphatic heterocycles. The van der Waals surface area contributed by atoms with Crippen molar-refractivity contribution < 1.29 is 18.7 Å². The maximum absolute atomic E-state index is 5.78. The number of hydrogen-bond donors (Lipinski definition) is 1. The van der Waals surface area contributed by atoms with Crippen LogP contribution in [0.15, 0.2) is 16.7 Å². The van der Waals surface area contributed by atoms with E-state index in [1.807, 2.05) is 13.0 Å². The first kappa shape index (κ1) is 14.0. The molecule has 0 aliphatic rings. The second-order valence-electron chi connectivity index (χ2n) is 4.11. The maximum atomic E-state index is 5.78. The Labute approximate surface area is 117 Å². The highest BCUT2D eigenvalue weighted by Crippen LogP contribution is 2.45. The van der Waals surface area contributed by atoms with Crippen LogP contribution < -0.4 is 19.9 Å². The smallest absolute Gasteiger partial charge is 0.225 e. The lowest BCUT2D eigenvalue weighted by Crippen LogP contribution is -1.98. The number of ether oxygens (including phenoxy) is 3. The van der Waals surface area contributed by atoms with Crippen molar-refractivity contribution in [3.8, 4) is 28.5 Å². The van der Waals surface area contributed by atoms with Crippen molar-refractivity contribution in [2.24, 2.45) is 0 Å². The van der Waals surface area contributed by atoms with Crippen molar-refractivity contribution in [1.29, 1.82) is 0 Å². The molecule has 2 aromatic rings. The monoisotopic (exact) mass is 278 g/mol. The van der Waals surface area contributed by atoms with Crippen molar-refractivity contribution in [2.45, 2.75) is 13.3 Å². The van der Waals surface area contributed by atoms with E-state index in [1.165, 1.54) is 0 Å². The second kappa shape index (κ2) is 5.73. The molecule has 0 fully saturated rings. The van der Waals surface area contributed by atoms with Crippen LogP contribution in [0.25, 0.3) is 11.3 Å². The average molecular weight is 278 g/mol. The highest BCUT2D eigenvalue weighted by Gasteiger charge is 2.22. The molecule has 1 aromatic heterocycles. The molecule has 0 bridgehead atoms. The quantitative estimate of drug-likeness (QED) is 0.905. The van der Waals surface area contributed by atoms with Gasteiger partial charge in [0, 0.05) is 5.56 Å². The van der Waals surface area contributed by atoms with E-state index in [-0.39, 0.29) is 0 Å². The molecule has 0 aliphatic carbocycles. The fourth-order valence-electron chi connectivity index (χ4n) is 2.16. The fourth-order valence-corrected chi connectivity index (χ4v) is 2.16. The van der Waals surface area contributed by atoms with Gasteiger partial charge in [-0.15, -0.1) is 0 Å². The molecule has 0 radical (unpaired) electrons. The average Bonchev–Trinajstić information content (AvgIpc) is 2.85. The highest BCUT2D eigenvalue weighted by atomic mass is 16.5. The Balaban J connectivity index is 2.68. The molecular weight excluding hydrogens is 260 g/mol. The van der Waals surface area contributed by atoms with Crippen LogP contribution in [0.1, 0.15) is 12.5 Å². The molecule has 0 spiro atoms. The predicted molar refractivity (Wildman–Crippen MR) is 75.4 cm³/mol. The number of nitrogens with zero attached hydrogens (tertiary/aromatic N) is 1. The van der Waals surface area contributed by atoms with E-state index in [4.69, 9.17) is 24.5 Å². The van der Waals surface area contributed by atoms with Crippen LogP contribution in [-0.4, -0.2) is 26.5 Å². The zero-order chi connectivity index (χ0) is 14.7. The van der Waals surface area contributed by atoms with E-state index in [9.17, 15) is 0 Å².